The van der Waals surface area contributed by atoms with Gasteiger partial charge in [0.15, 0.2) is 9.84 Å². The highest BCUT2D eigenvalue weighted by atomic mass is 32.2. The smallest absolute Gasteiger partial charge is 0.212 e. The van der Waals surface area contributed by atoms with Gasteiger partial charge in [-0.25, -0.2) is 12.8 Å². The van der Waals surface area contributed by atoms with E-state index in [-0.39, 0.29) is 22.8 Å². The molecule has 2 rings (SSSR count). The van der Waals surface area contributed by atoms with Crippen LogP contribution in [-0.2, 0) is 21.2 Å². The van der Waals surface area contributed by atoms with Crippen molar-refractivity contribution in [3.05, 3.63) is 23.5 Å². The Morgan fingerprint density at radius 2 is 2.20 bits per heavy atom. The molecule has 1 heterocycles. The van der Waals surface area contributed by atoms with Crippen molar-refractivity contribution in [1.82, 2.24) is 5.32 Å². The summed E-state index contributed by atoms with van der Waals surface area (Å²) < 4.78 is 47.7. The van der Waals surface area contributed by atoms with Crippen LogP contribution in [0.2, 0.25) is 0 Å². The maximum absolute atomic E-state index is 13.9. The van der Waals surface area contributed by atoms with Crippen molar-refractivity contribution in [3.8, 4) is 5.75 Å². The molecule has 0 saturated carbocycles. The Morgan fingerprint density at radius 1 is 1.45 bits per heavy atom. The molecule has 0 aromatic heterocycles. The molecule has 0 aliphatic carbocycles. The molecule has 0 spiro atoms. The van der Waals surface area contributed by atoms with Crippen LogP contribution in [0.3, 0.4) is 0 Å². The quantitative estimate of drug-likeness (QED) is 0.834. The molecule has 0 amide bonds. The van der Waals surface area contributed by atoms with E-state index in [1.807, 2.05) is 6.92 Å². The van der Waals surface area contributed by atoms with Crippen LogP contribution in [0.15, 0.2) is 17.0 Å². The molecule has 1 aromatic rings. The lowest BCUT2D eigenvalue weighted by molar-refractivity contribution is -0.106. The Morgan fingerprint density at radius 3 is 2.85 bits per heavy atom. The summed E-state index contributed by atoms with van der Waals surface area (Å²) in [4.78, 5) is -0.0871. The number of hydrogen-bond acceptors (Lipinski definition) is 5. The molecule has 1 atom stereocenters. The van der Waals surface area contributed by atoms with Crippen molar-refractivity contribution >= 4 is 9.84 Å². The van der Waals surface area contributed by atoms with Crippen molar-refractivity contribution in [3.63, 3.8) is 0 Å². The van der Waals surface area contributed by atoms with Gasteiger partial charge in [0.2, 0.25) is 6.29 Å². The van der Waals surface area contributed by atoms with Crippen LogP contribution in [0.5, 0.6) is 5.75 Å². The lowest BCUT2D eigenvalue weighted by Gasteiger charge is -2.27. The minimum Gasteiger partial charge on any atom is -0.463 e. The second-order valence-corrected chi connectivity index (χ2v) is 6.73. The summed E-state index contributed by atoms with van der Waals surface area (Å²) in [5.74, 6) is -0.386. The van der Waals surface area contributed by atoms with Crippen LogP contribution >= 0.6 is 0 Å². The summed E-state index contributed by atoms with van der Waals surface area (Å²) in [5, 5.41) is 3.13. The zero-order valence-electron chi connectivity index (χ0n) is 11.5. The van der Waals surface area contributed by atoms with Crippen LogP contribution < -0.4 is 10.1 Å². The van der Waals surface area contributed by atoms with Gasteiger partial charge in [-0.1, -0.05) is 6.92 Å². The van der Waals surface area contributed by atoms with E-state index in [4.69, 9.17) is 9.47 Å². The molecule has 1 aromatic carbocycles. The molecule has 0 bridgehead atoms. The molecule has 5 nitrogen and oxygen atoms in total. The Kier molecular flexibility index (Phi) is 4.62. The molecule has 1 aliphatic heterocycles. The molecule has 0 radical (unpaired) electrons. The molecule has 1 N–H and O–H groups in total. The number of ether oxygens (including phenoxy) is 2. The molecule has 0 saturated heterocycles. The summed E-state index contributed by atoms with van der Waals surface area (Å²) in [5.41, 5.74) is 0.254. The number of halogens is 1. The third-order valence-corrected chi connectivity index (χ3v) is 4.06. The zero-order chi connectivity index (χ0) is 14.8. The van der Waals surface area contributed by atoms with Crippen LogP contribution in [-0.4, -0.2) is 34.1 Å². The van der Waals surface area contributed by atoms with E-state index in [2.05, 4.69) is 5.32 Å². The third-order valence-electron chi connectivity index (χ3n) is 2.97. The normalized spacial score (nSPS) is 18.4. The van der Waals surface area contributed by atoms with Gasteiger partial charge in [-0.15, -0.1) is 0 Å². The van der Waals surface area contributed by atoms with E-state index in [1.165, 1.54) is 6.07 Å². The van der Waals surface area contributed by atoms with Gasteiger partial charge < -0.3 is 14.8 Å². The molecule has 7 heteroatoms. The summed E-state index contributed by atoms with van der Waals surface area (Å²) in [6.07, 6.45) is 1.48. The number of fused-ring (bicyclic) bond motifs is 1. The largest absolute Gasteiger partial charge is 0.463 e. The first-order valence-corrected chi connectivity index (χ1v) is 8.32. The fourth-order valence-corrected chi connectivity index (χ4v) is 2.53. The lowest BCUT2D eigenvalue weighted by Crippen LogP contribution is -2.36. The van der Waals surface area contributed by atoms with E-state index >= 15 is 0 Å². The standard InChI is InChI=1S/C13H18FNO4S/c1-3-4-15-7-13-18-8-10-11(14)5-9(20(2,16)17)6-12(10)19-13/h5-6,13,15H,3-4,7-8H2,1-2H3. The molecular weight excluding hydrogens is 285 g/mol. The minimum atomic E-state index is -3.47. The van der Waals surface area contributed by atoms with Crippen molar-refractivity contribution in [2.24, 2.45) is 0 Å². The highest BCUT2D eigenvalue weighted by Crippen LogP contribution is 2.31. The van der Waals surface area contributed by atoms with Crippen LogP contribution in [0, 0.1) is 5.82 Å². The van der Waals surface area contributed by atoms with Gasteiger partial charge >= 0.3 is 0 Å². The van der Waals surface area contributed by atoms with Crippen molar-refractivity contribution in [2.45, 2.75) is 31.1 Å². The highest BCUT2D eigenvalue weighted by Gasteiger charge is 2.25. The van der Waals surface area contributed by atoms with Crippen molar-refractivity contribution < 1.29 is 22.3 Å². The lowest BCUT2D eigenvalue weighted by atomic mass is 10.2. The number of hydrogen-bond donors (Lipinski definition) is 1. The third kappa shape index (κ3) is 3.47. The minimum absolute atomic E-state index is 0.0731. The maximum Gasteiger partial charge on any atom is 0.212 e. The predicted molar refractivity (Wildman–Crippen MR) is 71.9 cm³/mol. The van der Waals surface area contributed by atoms with Gasteiger partial charge in [0, 0.05) is 6.26 Å². The molecule has 112 valence electrons. The van der Waals surface area contributed by atoms with Gasteiger partial charge in [-0.3, -0.25) is 0 Å². The van der Waals surface area contributed by atoms with E-state index in [9.17, 15) is 12.8 Å². The zero-order valence-corrected chi connectivity index (χ0v) is 12.3. The van der Waals surface area contributed by atoms with E-state index < -0.39 is 21.9 Å². The fourth-order valence-electron chi connectivity index (χ4n) is 1.90. The van der Waals surface area contributed by atoms with Gasteiger partial charge in [0.25, 0.3) is 0 Å². The Hall–Kier alpha value is -1.18. The predicted octanol–water partition coefficient (Wildman–Crippen LogP) is 1.46. The molecule has 1 aliphatic rings. The van der Waals surface area contributed by atoms with E-state index in [1.54, 1.807) is 0 Å². The molecular formula is C13H18FNO4S. The Labute approximate surface area is 118 Å². The van der Waals surface area contributed by atoms with Gasteiger partial charge in [-0.05, 0) is 25.1 Å². The number of nitrogens with one attached hydrogen (secondary N) is 1. The Bertz CT molecular complexity index is 588. The topological polar surface area (TPSA) is 64.6 Å². The highest BCUT2D eigenvalue weighted by molar-refractivity contribution is 7.90. The first-order valence-electron chi connectivity index (χ1n) is 6.43. The Balaban J connectivity index is 2.20. The molecule has 1 unspecified atom stereocenters. The van der Waals surface area contributed by atoms with Gasteiger partial charge in [-0.2, -0.15) is 0 Å². The van der Waals surface area contributed by atoms with Crippen LogP contribution in [0.25, 0.3) is 0 Å². The summed E-state index contributed by atoms with van der Waals surface area (Å²) in [7, 11) is -3.47. The van der Waals surface area contributed by atoms with Crippen LogP contribution in [0.1, 0.15) is 18.9 Å². The van der Waals surface area contributed by atoms with Crippen molar-refractivity contribution in [1.29, 1.82) is 0 Å². The first kappa shape index (κ1) is 15.2. The average molecular weight is 303 g/mol. The van der Waals surface area contributed by atoms with Crippen molar-refractivity contribution in [2.75, 3.05) is 19.3 Å². The number of rotatable bonds is 5. The van der Waals surface area contributed by atoms with Gasteiger partial charge in [0.05, 0.1) is 23.6 Å². The summed E-state index contributed by atoms with van der Waals surface area (Å²) in [6.45, 7) is 3.41. The molecule has 0 fully saturated rings. The summed E-state index contributed by atoms with van der Waals surface area (Å²) in [6, 6.07) is 2.35. The average Bonchev–Trinajstić information content (AvgIpc) is 2.37. The van der Waals surface area contributed by atoms with Crippen LogP contribution in [0.4, 0.5) is 4.39 Å². The second kappa shape index (κ2) is 6.07. The molecule has 20 heavy (non-hydrogen) atoms. The first-order chi connectivity index (χ1) is 9.41. The monoisotopic (exact) mass is 303 g/mol. The van der Waals surface area contributed by atoms with E-state index in [0.717, 1.165) is 25.3 Å². The number of sulfone groups is 1. The summed E-state index contributed by atoms with van der Waals surface area (Å²) >= 11 is 0. The van der Waals surface area contributed by atoms with E-state index in [0.29, 0.717) is 6.54 Å². The SMILES string of the molecule is CCCNCC1OCc2c(F)cc(S(C)(=O)=O)cc2O1. The second-order valence-electron chi connectivity index (χ2n) is 4.72. The maximum atomic E-state index is 13.9. The van der Waals surface area contributed by atoms with Gasteiger partial charge in [0.1, 0.15) is 11.6 Å². The fraction of sp³-hybridized carbons (Fsp3) is 0.538. The number of benzene rings is 1.